The van der Waals surface area contributed by atoms with Crippen LogP contribution in [0.5, 0.6) is 0 Å². The number of carbonyl (C=O) groups excluding carboxylic acids is 2. The summed E-state index contributed by atoms with van der Waals surface area (Å²) in [5.74, 6) is 0.227. The van der Waals surface area contributed by atoms with Gasteiger partial charge in [0.1, 0.15) is 11.5 Å². The Morgan fingerprint density at radius 3 is 2.76 bits per heavy atom. The van der Waals surface area contributed by atoms with Crippen molar-refractivity contribution in [2.45, 2.75) is 43.7 Å². The Morgan fingerprint density at radius 2 is 1.92 bits per heavy atom. The molecule has 3 heterocycles. The Balaban J connectivity index is 1.15. The number of pyridine rings is 1. The second-order valence-corrected chi connectivity index (χ2v) is 11.3. The van der Waals surface area contributed by atoms with Crippen LogP contribution in [-0.2, 0) is 0 Å². The molecule has 2 aromatic heterocycles. The molecule has 7 rings (SSSR count). The molecule has 3 fully saturated rings. The molecule has 6 nitrogen and oxygen atoms in total. The third-order valence-electron chi connectivity index (χ3n) is 7.68. The number of amides is 2. The number of thiazole rings is 1. The molecule has 1 N–H and O–H groups in total. The lowest BCUT2D eigenvalue weighted by molar-refractivity contribution is 0.0684. The van der Waals surface area contributed by atoms with E-state index in [0.29, 0.717) is 40.7 Å². The van der Waals surface area contributed by atoms with Crippen LogP contribution in [0.4, 0.5) is 4.39 Å². The van der Waals surface area contributed by atoms with Crippen molar-refractivity contribution in [1.82, 2.24) is 20.2 Å². The molecule has 0 bridgehead atoms. The number of likely N-dealkylation sites (tertiary alicyclic amines) is 1. The molecular formula is C29H25FN4O2S. The summed E-state index contributed by atoms with van der Waals surface area (Å²) in [4.78, 5) is 38.9. The van der Waals surface area contributed by atoms with E-state index in [2.05, 4.69) is 10.3 Å². The fourth-order valence-electron chi connectivity index (χ4n) is 5.58. The number of hydrogen-bond donors (Lipinski definition) is 1. The first-order chi connectivity index (χ1) is 18.1. The quantitative estimate of drug-likeness (QED) is 0.375. The number of halogens is 1. The number of nitrogens with zero attached hydrogens (tertiary/aromatic N) is 3. The number of hydrogen-bond acceptors (Lipinski definition) is 5. The van der Waals surface area contributed by atoms with Crippen LogP contribution in [0.25, 0.3) is 21.3 Å². The lowest BCUT2D eigenvalue weighted by atomic mass is 10.1. The minimum atomic E-state index is -0.329. The highest BCUT2D eigenvalue weighted by Crippen LogP contribution is 2.50. The number of benzene rings is 2. The van der Waals surface area contributed by atoms with Gasteiger partial charge in [-0.15, -0.1) is 11.3 Å². The molecule has 1 aliphatic heterocycles. The van der Waals surface area contributed by atoms with E-state index in [4.69, 9.17) is 4.98 Å². The fraction of sp³-hybridized carbons (Fsp3) is 0.310. The lowest BCUT2D eigenvalue weighted by Gasteiger charge is -2.27. The molecule has 3 aliphatic rings. The van der Waals surface area contributed by atoms with Gasteiger partial charge in [-0.25, -0.2) is 9.37 Å². The normalized spacial score (nSPS) is 22.2. The smallest absolute Gasteiger partial charge is 0.274 e. The molecule has 4 aromatic rings. The molecule has 0 radical (unpaired) electrons. The molecule has 37 heavy (non-hydrogen) atoms. The Hall–Kier alpha value is -3.65. The highest BCUT2D eigenvalue weighted by atomic mass is 32.1. The maximum atomic E-state index is 14.1. The molecule has 2 aliphatic carbocycles. The predicted molar refractivity (Wildman–Crippen MR) is 140 cm³/mol. The van der Waals surface area contributed by atoms with E-state index >= 15 is 0 Å². The molecule has 0 unspecified atom stereocenters. The summed E-state index contributed by atoms with van der Waals surface area (Å²) < 4.78 is 14.1. The summed E-state index contributed by atoms with van der Waals surface area (Å²) in [5.41, 5.74) is 2.30. The Bertz CT molecular complexity index is 1540. The highest BCUT2D eigenvalue weighted by molar-refractivity contribution is 7.15. The number of para-hydroxylation sites is 1. The predicted octanol–water partition coefficient (Wildman–Crippen LogP) is 5.41. The molecule has 1 saturated heterocycles. The number of carbonyl (C=O) groups is 2. The maximum Gasteiger partial charge on any atom is 0.274 e. The van der Waals surface area contributed by atoms with Crippen LogP contribution in [0.15, 0.2) is 60.8 Å². The third-order valence-corrected chi connectivity index (χ3v) is 8.95. The van der Waals surface area contributed by atoms with Gasteiger partial charge >= 0.3 is 0 Å². The van der Waals surface area contributed by atoms with Crippen LogP contribution in [0.1, 0.15) is 57.5 Å². The van der Waals surface area contributed by atoms with Gasteiger partial charge in [-0.1, -0.05) is 30.3 Å². The second-order valence-electron chi connectivity index (χ2n) is 10.3. The Kier molecular flexibility index (Phi) is 5.32. The SMILES string of the molecule is O=C(NC[C@@H]1C[C@@H]2C[C@@H]2N1C(=O)c1nc(C2CC2)sc1-c1cccc(F)c1)c1cccc2cccnc12. The van der Waals surface area contributed by atoms with Crippen molar-refractivity contribution in [2.24, 2.45) is 5.92 Å². The van der Waals surface area contributed by atoms with Gasteiger partial charge < -0.3 is 10.2 Å². The zero-order valence-corrected chi connectivity index (χ0v) is 20.9. The molecule has 0 spiro atoms. The summed E-state index contributed by atoms with van der Waals surface area (Å²) in [7, 11) is 0. The van der Waals surface area contributed by atoms with Gasteiger partial charge in [-0.2, -0.15) is 0 Å². The van der Waals surface area contributed by atoms with Gasteiger partial charge in [-0.3, -0.25) is 14.6 Å². The van der Waals surface area contributed by atoms with Crippen LogP contribution in [0.3, 0.4) is 0 Å². The van der Waals surface area contributed by atoms with E-state index in [9.17, 15) is 14.0 Å². The van der Waals surface area contributed by atoms with Gasteiger partial charge in [0.2, 0.25) is 0 Å². The van der Waals surface area contributed by atoms with Gasteiger partial charge in [0.05, 0.1) is 27.0 Å². The topological polar surface area (TPSA) is 75.2 Å². The first kappa shape index (κ1) is 22.5. The summed E-state index contributed by atoms with van der Waals surface area (Å²) in [6.07, 6.45) is 5.69. The van der Waals surface area contributed by atoms with Crippen molar-refractivity contribution in [1.29, 1.82) is 0 Å². The summed E-state index contributed by atoms with van der Waals surface area (Å²) >= 11 is 1.51. The zero-order valence-electron chi connectivity index (χ0n) is 20.1. The van der Waals surface area contributed by atoms with Gasteiger partial charge in [0, 0.05) is 30.1 Å². The van der Waals surface area contributed by atoms with Crippen LogP contribution in [0, 0.1) is 11.7 Å². The molecule has 186 valence electrons. The summed E-state index contributed by atoms with van der Waals surface area (Å²) in [5, 5.41) is 4.93. The summed E-state index contributed by atoms with van der Waals surface area (Å²) in [6, 6.07) is 15.8. The van der Waals surface area contributed by atoms with Gasteiger partial charge in [-0.05, 0) is 61.4 Å². The van der Waals surface area contributed by atoms with Crippen LogP contribution < -0.4 is 5.32 Å². The van der Waals surface area contributed by atoms with Crippen molar-refractivity contribution in [2.75, 3.05) is 6.54 Å². The van der Waals surface area contributed by atoms with E-state index in [1.54, 1.807) is 18.3 Å². The molecule has 2 saturated carbocycles. The van der Waals surface area contributed by atoms with E-state index in [0.717, 1.165) is 41.0 Å². The standard InChI is InChI=1S/C29H25FN4O2S/c30-20-7-1-5-18(12-20)26-25(33-28(37-26)17-9-10-17)29(36)34-21(13-19-14-23(19)34)15-32-27(35)22-8-2-4-16-6-3-11-31-24(16)22/h1-8,11-12,17,19,21,23H,9-10,13-15H2,(H,32,35)/t19-,21+,23+/m1/s1. The number of rotatable bonds is 6. The molecule has 2 amide bonds. The molecule has 3 atom stereocenters. The number of piperidine rings is 1. The Labute approximate surface area is 217 Å². The van der Waals surface area contributed by atoms with E-state index in [-0.39, 0.29) is 29.7 Å². The first-order valence-electron chi connectivity index (χ1n) is 12.8. The minimum absolute atomic E-state index is 0.102. The zero-order chi connectivity index (χ0) is 25.1. The van der Waals surface area contributed by atoms with E-state index in [1.165, 1.54) is 23.5 Å². The highest BCUT2D eigenvalue weighted by Gasteiger charge is 2.54. The van der Waals surface area contributed by atoms with Crippen molar-refractivity contribution in [3.63, 3.8) is 0 Å². The maximum absolute atomic E-state index is 14.1. The van der Waals surface area contributed by atoms with Crippen molar-refractivity contribution < 1.29 is 14.0 Å². The van der Waals surface area contributed by atoms with Crippen molar-refractivity contribution >= 4 is 34.1 Å². The molecule has 8 heteroatoms. The fourth-order valence-corrected chi connectivity index (χ4v) is 6.81. The van der Waals surface area contributed by atoms with Gasteiger partial charge in [0.15, 0.2) is 0 Å². The number of fused-ring (bicyclic) bond motifs is 2. The van der Waals surface area contributed by atoms with Crippen molar-refractivity contribution in [3.05, 3.63) is 82.9 Å². The summed E-state index contributed by atoms with van der Waals surface area (Å²) in [6.45, 7) is 0.371. The second kappa shape index (κ2) is 8.73. The first-order valence-corrected chi connectivity index (χ1v) is 13.6. The Morgan fingerprint density at radius 1 is 1.08 bits per heavy atom. The van der Waals surface area contributed by atoms with E-state index in [1.807, 2.05) is 35.2 Å². The number of nitrogens with one attached hydrogen (secondary N) is 1. The number of aromatic nitrogens is 2. The van der Waals surface area contributed by atoms with E-state index < -0.39 is 0 Å². The van der Waals surface area contributed by atoms with Crippen molar-refractivity contribution in [3.8, 4) is 10.4 Å². The molecule has 2 aromatic carbocycles. The van der Waals surface area contributed by atoms with Crippen LogP contribution in [-0.4, -0.2) is 45.3 Å². The van der Waals surface area contributed by atoms with Crippen LogP contribution >= 0.6 is 11.3 Å². The average molecular weight is 513 g/mol. The molecular weight excluding hydrogens is 487 g/mol. The van der Waals surface area contributed by atoms with Gasteiger partial charge in [0.25, 0.3) is 11.8 Å². The lowest BCUT2D eigenvalue weighted by Crippen LogP contribution is -2.45. The largest absolute Gasteiger partial charge is 0.350 e. The average Bonchev–Trinajstić information content (AvgIpc) is 3.83. The monoisotopic (exact) mass is 512 g/mol. The van der Waals surface area contributed by atoms with Crippen LogP contribution in [0.2, 0.25) is 0 Å². The third kappa shape index (κ3) is 4.09. The minimum Gasteiger partial charge on any atom is -0.350 e.